The summed E-state index contributed by atoms with van der Waals surface area (Å²) in [6.07, 6.45) is 0. The van der Waals surface area contributed by atoms with Crippen LogP contribution in [0.25, 0.3) is 0 Å². The quantitative estimate of drug-likeness (QED) is 0.260. The summed E-state index contributed by atoms with van der Waals surface area (Å²) in [6, 6.07) is 0. The molecular formula is CH4Br2Cl2PPb3. The minimum Gasteiger partial charge on any atom is 0 e. The minimum absolute atomic E-state index is 0. The van der Waals surface area contributed by atoms with Crippen molar-refractivity contribution in [3.63, 3.8) is 0 Å². The largest absolute Gasteiger partial charge is 0 e. The third kappa shape index (κ3) is 65.4. The molecule has 0 spiro atoms. The molecule has 0 fully saturated rings. The number of halogens is 4. The second kappa shape index (κ2) is 23.0. The van der Waals surface area contributed by atoms with E-state index in [0.29, 0.717) is 0 Å². The van der Waals surface area contributed by atoms with Crippen LogP contribution in [-0.4, -0.2) is 72.5 Å². The molecule has 0 rings (SSSR count). The van der Waals surface area contributed by atoms with Crippen molar-refractivity contribution in [2.24, 2.45) is 0 Å². The molecule has 0 bridgehead atoms. The molecule has 0 heterocycles. The van der Waals surface area contributed by atoms with Gasteiger partial charge in [-0.1, -0.05) is 22.5 Å². The van der Waals surface area contributed by atoms with Crippen LogP contribution in [0.2, 0.25) is 4.48 Å². The molecule has 0 saturated carbocycles. The Labute approximate surface area is 127 Å². The van der Waals surface area contributed by atoms with Crippen molar-refractivity contribution in [2.75, 3.05) is 0 Å². The fourth-order valence-corrected chi connectivity index (χ4v) is 0. The fraction of sp³-hybridized carbons (Fsp3) is 1.00. The van der Waals surface area contributed by atoms with Gasteiger partial charge in [-0.3, -0.25) is 0 Å². The zero-order chi connectivity index (χ0) is 6.28. The van der Waals surface area contributed by atoms with Crippen molar-refractivity contribution in [1.82, 2.24) is 0 Å². The minimum atomic E-state index is -1.03. The van der Waals surface area contributed by atoms with E-state index in [1.165, 1.54) is 0 Å². The van der Waals surface area contributed by atoms with E-state index in [9.17, 15) is 0 Å². The van der Waals surface area contributed by atoms with Crippen LogP contribution >= 0.6 is 53.7 Å². The Kier molecular flexibility index (Phi) is 60.0. The Morgan fingerprint density at radius 3 is 1.22 bits per heavy atom. The molecule has 0 aromatic rings. The average Bonchev–Trinajstić information content (AvgIpc) is 1.33. The zero-order valence-electron chi connectivity index (χ0n) is 4.51. The number of hydrogen-bond donors (Lipinski definition) is 0. The Morgan fingerprint density at radius 2 is 1.22 bits per heavy atom. The standard InChI is InChI=1S/CH3.2BrH.Cl2HP.3Pb/c;;;1-3-2;;;/h1H3;2*1H;3H;;;/q;;;;;;+2/p-2. The van der Waals surface area contributed by atoms with Gasteiger partial charge in [0.25, 0.3) is 0 Å². The molecule has 0 aliphatic heterocycles. The smallest absolute Gasteiger partial charge is 0 e. The van der Waals surface area contributed by atoms with E-state index in [-0.39, 0.29) is 61.9 Å². The Bertz CT molecular complexity index is 31.0. The Morgan fingerprint density at radius 1 is 1.22 bits per heavy atom. The molecular weight excluding hydrogens is 895 g/mol. The van der Waals surface area contributed by atoms with Gasteiger partial charge in [0.1, 0.15) is 0 Å². The van der Waals surface area contributed by atoms with Gasteiger partial charge in [0.15, 0.2) is 0 Å². The van der Waals surface area contributed by atoms with Crippen LogP contribution in [0.1, 0.15) is 0 Å². The van der Waals surface area contributed by atoms with Gasteiger partial charge in [0.05, 0.1) is 7.29 Å². The maximum Gasteiger partial charge on any atom is 0 e. The Hall–Kier alpha value is 4.74. The molecule has 0 nitrogen and oxygen atoms in total. The second-order valence-corrected chi connectivity index (χ2v) is 36.1. The first-order valence-electron chi connectivity index (χ1n) is 1.26. The molecule has 0 aromatic heterocycles. The molecule has 0 aliphatic rings. The number of rotatable bonds is 0. The monoisotopic (exact) mass is 899 g/mol. The van der Waals surface area contributed by atoms with Crippen molar-refractivity contribution in [3.8, 4) is 0 Å². The van der Waals surface area contributed by atoms with Gasteiger partial charge >= 0.3 is 46.3 Å². The normalized spacial score (nSPS) is 6.00. The van der Waals surface area contributed by atoms with Crippen molar-refractivity contribution in [2.45, 2.75) is 4.48 Å². The van der Waals surface area contributed by atoms with Crippen LogP contribution in [0, 0.1) is 0 Å². The van der Waals surface area contributed by atoms with E-state index >= 15 is 0 Å². The molecule has 9 radical (unpaired) electrons. The molecule has 0 aliphatic carbocycles. The van der Waals surface area contributed by atoms with E-state index in [0.717, 1.165) is 0 Å². The van der Waals surface area contributed by atoms with Crippen molar-refractivity contribution < 1.29 is 0 Å². The summed E-state index contributed by atoms with van der Waals surface area (Å²) in [7, 11) is 0.0278. The summed E-state index contributed by atoms with van der Waals surface area (Å²) in [6.45, 7) is 0. The fourth-order valence-electron chi connectivity index (χ4n) is 0. The molecule has 0 unspecified atom stereocenters. The van der Waals surface area contributed by atoms with E-state index in [4.69, 9.17) is 22.5 Å². The second-order valence-electron chi connectivity index (χ2n) is 0.521. The maximum absolute atomic E-state index is 4.79. The summed E-state index contributed by atoms with van der Waals surface area (Å²) in [4.78, 5) is 0. The van der Waals surface area contributed by atoms with Crippen LogP contribution < -0.4 is 0 Å². The number of hydrogen-bond acceptors (Lipinski definition) is 0. The van der Waals surface area contributed by atoms with E-state index < -0.39 is 17.9 Å². The van der Waals surface area contributed by atoms with Crippen molar-refractivity contribution in [3.05, 3.63) is 0 Å². The van der Waals surface area contributed by atoms with Crippen LogP contribution in [0.15, 0.2) is 0 Å². The predicted octanol–water partition coefficient (Wildman–Crippen LogP) is 3.11. The summed E-state index contributed by atoms with van der Waals surface area (Å²) >= 11 is 15.4. The Balaban J connectivity index is -0.0000000233. The van der Waals surface area contributed by atoms with Gasteiger partial charge in [-0.25, -0.2) is 0 Å². The van der Waals surface area contributed by atoms with Gasteiger partial charge in [-0.15, -0.1) is 0 Å². The molecule has 53 valence electrons. The molecule has 0 atom stereocenters. The summed E-state index contributed by atoms with van der Waals surface area (Å²) < 4.78 is 2.21. The zero-order valence-corrected chi connectivity index (χ0v) is 21.9. The van der Waals surface area contributed by atoms with Gasteiger partial charge in [-0.2, -0.15) is 0 Å². The van der Waals surface area contributed by atoms with E-state index in [2.05, 4.69) is 28.5 Å². The summed E-state index contributed by atoms with van der Waals surface area (Å²) in [5.74, 6) is 0. The van der Waals surface area contributed by atoms with Gasteiger partial charge in [0, 0.05) is 54.6 Å². The van der Waals surface area contributed by atoms with E-state index in [1.54, 1.807) is 0 Å². The van der Waals surface area contributed by atoms with Crippen molar-refractivity contribution >= 4 is 126 Å². The third-order valence-electron chi connectivity index (χ3n) is 0. The molecule has 0 aromatic carbocycles. The molecule has 0 saturated heterocycles. The summed E-state index contributed by atoms with van der Waals surface area (Å²) in [5.41, 5.74) is 0. The van der Waals surface area contributed by atoms with Gasteiger partial charge in [0.2, 0.25) is 0 Å². The van der Waals surface area contributed by atoms with E-state index in [1.807, 2.05) is 0 Å². The van der Waals surface area contributed by atoms with Crippen molar-refractivity contribution in [1.29, 1.82) is 0 Å². The van der Waals surface area contributed by atoms with Crippen LogP contribution in [0.3, 0.4) is 0 Å². The van der Waals surface area contributed by atoms with Gasteiger partial charge in [-0.05, 0) is 0 Å². The summed E-state index contributed by atoms with van der Waals surface area (Å²) in [5, 5.41) is 0. The predicted molar refractivity (Wildman–Crippen MR) is 61.0 cm³/mol. The third-order valence-corrected chi connectivity index (χ3v) is 0. The topological polar surface area (TPSA) is 0 Å². The maximum atomic E-state index is 4.79. The first kappa shape index (κ1) is 23.5. The molecule has 0 amide bonds. The van der Waals surface area contributed by atoms with Crippen LogP contribution in [0.4, 0.5) is 0 Å². The van der Waals surface area contributed by atoms with Gasteiger partial charge < -0.3 is 0 Å². The van der Waals surface area contributed by atoms with Crippen LogP contribution in [0.5, 0.6) is 0 Å². The average molecular weight is 899 g/mol. The molecule has 0 N–H and O–H groups in total. The molecule has 8 heteroatoms. The van der Waals surface area contributed by atoms with Crippen LogP contribution in [-0.2, 0) is 0 Å². The first-order valence-corrected chi connectivity index (χ1v) is 25.0. The first-order chi connectivity index (χ1) is 3.15. The SMILES string of the molecule is ClPCl.[CH3][Pb]([Br])[Br].[Pb].[Pb]. The molecule has 9 heavy (non-hydrogen) atoms.